The molecule has 1 heterocycles. The molecule has 2 atom stereocenters. The Morgan fingerprint density at radius 2 is 1.88 bits per heavy atom. The Bertz CT molecular complexity index is 361. The molecule has 0 radical (unpaired) electrons. The Balaban J connectivity index is 2.88. The quantitative estimate of drug-likeness (QED) is 0.829. The van der Waals surface area contributed by atoms with Crippen LogP contribution in [0.4, 0.5) is 5.95 Å². The highest BCUT2D eigenvalue weighted by molar-refractivity contribution is 7.99. The molecule has 0 aliphatic carbocycles. The molecule has 7 heteroatoms. The van der Waals surface area contributed by atoms with Crippen molar-refractivity contribution in [3.8, 4) is 0 Å². The van der Waals surface area contributed by atoms with Crippen molar-refractivity contribution < 1.29 is 5.11 Å². The van der Waals surface area contributed by atoms with Gasteiger partial charge in [-0.15, -0.1) is 0 Å². The largest absolute Gasteiger partial charge is 0.392 e. The highest BCUT2D eigenvalue weighted by Crippen LogP contribution is 2.23. The van der Waals surface area contributed by atoms with Crippen LogP contribution in [0.1, 0.15) is 13.8 Å². The standard InChI is InChI=1S/C9H15ClN4OS/c1-5(15)6(2)16-9-12-7(10)11-8(13-9)14(3)4/h5-6,15H,1-4H3. The third-order valence-electron chi connectivity index (χ3n) is 1.95. The molecule has 1 rings (SSSR count). The Kier molecular flexibility index (Phi) is 4.76. The number of nitrogens with zero attached hydrogens (tertiary/aromatic N) is 4. The predicted molar refractivity (Wildman–Crippen MR) is 66.2 cm³/mol. The number of halogens is 1. The number of rotatable bonds is 4. The van der Waals surface area contributed by atoms with Crippen LogP contribution in [0.15, 0.2) is 5.16 Å². The summed E-state index contributed by atoms with van der Waals surface area (Å²) in [6.07, 6.45) is -0.427. The molecule has 1 N–H and O–H groups in total. The number of anilines is 1. The minimum Gasteiger partial charge on any atom is -0.392 e. The normalized spacial score (nSPS) is 14.6. The van der Waals surface area contributed by atoms with Crippen LogP contribution < -0.4 is 4.90 Å². The molecule has 16 heavy (non-hydrogen) atoms. The van der Waals surface area contributed by atoms with Gasteiger partial charge in [0.05, 0.1) is 6.10 Å². The van der Waals surface area contributed by atoms with Gasteiger partial charge in [-0.05, 0) is 18.5 Å². The fourth-order valence-electron chi connectivity index (χ4n) is 0.839. The van der Waals surface area contributed by atoms with E-state index in [0.29, 0.717) is 11.1 Å². The summed E-state index contributed by atoms with van der Waals surface area (Å²) >= 11 is 7.17. The van der Waals surface area contributed by atoms with Gasteiger partial charge in [-0.25, -0.2) is 0 Å². The van der Waals surface area contributed by atoms with Gasteiger partial charge in [0.25, 0.3) is 0 Å². The van der Waals surface area contributed by atoms with Gasteiger partial charge in [-0.3, -0.25) is 0 Å². The molecule has 5 nitrogen and oxygen atoms in total. The van der Waals surface area contributed by atoms with Crippen molar-refractivity contribution in [1.29, 1.82) is 0 Å². The Morgan fingerprint density at radius 3 is 2.38 bits per heavy atom. The zero-order chi connectivity index (χ0) is 12.3. The van der Waals surface area contributed by atoms with E-state index in [9.17, 15) is 5.11 Å². The summed E-state index contributed by atoms with van der Waals surface area (Å²) in [6, 6.07) is 0. The van der Waals surface area contributed by atoms with E-state index in [4.69, 9.17) is 11.6 Å². The molecule has 0 saturated heterocycles. The van der Waals surface area contributed by atoms with Crippen molar-refractivity contribution in [1.82, 2.24) is 15.0 Å². The van der Waals surface area contributed by atoms with Crippen LogP contribution in [0.25, 0.3) is 0 Å². The average molecular weight is 263 g/mol. The molecular formula is C9H15ClN4OS. The lowest BCUT2D eigenvalue weighted by molar-refractivity contribution is 0.196. The Labute approximate surface area is 104 Å². The maximum Gasteiger partial charge on any atom is 0.230 e. The molecule has 0 saturated carbocycles. The van der Waals surface area contributed by atoms with Gasteiger partial charge in [-0.1, -0.05) is 18.7 Å². The summed E-state index contributed by atoms with van der Waals surface area (Å²) in [5, 5.41) is 10.1. The third kappa shape index (κ3) is 3.77. The fraction of sp³-hybridized carbons (Fsp3) is 0.667. The molecule has 0 bridgehead atoms. The van der Waals surface area contributed by atoms with Gasteiger partial charge < -0.3 is 10.0 Å². The number of thioether (sulfide) groups is 1. The van der Waals surface area contributed by atoms with Crippen LogP contribution in [0.2, 0.25) is 5.28 Å². The number of hydrogen-bond acceptors (Lipinski definition) is 6. The van der Waals surface area contributed by atoms with Gasteiger partial charge in [-0.2, -0.15) is 15.0 Å². The molecule has 0 aliphatic heterocycles. The maximum atomic E-state index is 9.39. The van der Waals surface area contributed by atoms with Crippen LogP contribution in [0.3, 0.4) is 0 Å². The third-order valence-corrected chi connectivity index (χ3v) is 3.27. The summed E-state index contributed by atoms with van der Waals surface area (Å²) in [5.41, 5.74) is 0. The van der Waals surface area contributed by atoms with Crippen molar-refractivity contribution in [2.75, 3.05) is 19.0 Å². The molecule has 2 unspecified atom stereocenters. The van der Waals surface area contributed by atoms with Crippen molar-refractivity contribution >= 4 is 29.3 Å². The second-order valence-corrected chi connectivity index (χ2v) is 5.33. The Morgan fingerprint density at radius 1 is 1.25 bits per heavy atom. The van der Waals surface area contributed by atoms with Crippen molar-refractivity contribution in [3.05, 3.63) is 5.28 Å². The zero-order valence-corrected chi connectivity index (χ0v) is 11.2. The van der Waals surface area contributed by atoms with E-state index < -0.39 is 6.10 Å². The van der Waals surface area contributed by atoms with E-state index in [2.05, 4.69) is 15.0 Å². The highest BCUT2D eigenvalue weighted by atomic mass is 35.5. The molecule has 1 aromatic heterocycles. The minimum absolute atomic E-state index is 0.00785. The lowest BCUT2D eigenvalue weighted by Gasteiger charge is -2.14. The topological polar surface area (TPSA) is 62.1 Å². The molecule has 0 aliphatic rings. The smallest absolute Gasteiger partial charge is 0.230 e. The van der Waals surface area contributed by atoms with E-state index >= 15 is 0 Å². The van der Waals surface area contributed by atoms with Crippen molar-refractivity contribution in [2.45, 2.75) is 30.4 Å². The second kappa shape index (κ2) is 5.65. The molecule has 0 amide bonds. The molecule has 1 aromatic rings. The van der Waals surface area contributed by atoms with Gasteiger partial charge in [0, 0.05) is 19.3 Å². The van der Waals surface area contributed by atoms with Crippen LogP contribution in [0, 0.1) is 0 Å². The predicted octanol–water partition coefficient (Wildman–Crippen LogP) is 1.45. The fourth-order valence-corrected chi connectivity index (χ4v) is 1.85. The van der Waals surface area contributed by atoms with Crippen LogP contribution in [-0.4, -0.2) is 45.5 Å². The molecule has 0 spiro atoms. The number of hydrogen-bond donors (Lipinski definition) is 1. The van der Waals surface area contributed by atoms with E-state index in [1.807, 2.05) is 21.0 Å². The van der Waals surface area contributed by atoms with E-state index in [0.717, 1.165) is 0 Å². The second-order valence-electron chi connectivity index (χ2n) is 3.65. The van der Waals surface area contributed by atoms with Gasteiger partial charge in [0.2, 0.25) is 11.2 Å². The van der Waals surface area contributed by atoms with Crippen molar-refractivity contribution in [2.24, 2.45) is 0 Å². The Hall–Kier alpha value is -0.590. The number of aliphatic hydroxyl groups excluding tert-OH is 1. The first kappa shape index (κ1) is 13.5. The van der Waals surface area contributed by atoms with Crippen LogP contribution in [0.5, 0.6) is 0 Å². The average Bonchev–Trinajstić information content (AvgIpc) is 2.16. The first-order valence-corrected chi connectivity index (χ1v) is 6.09. The molecule has 90 valence electrons. The summed E-state index contributed by atoms with van der Waals surface area (Å²) in [7, 11) is 3.66. The monoisotopic (exact) mass is 262 g/mol. The molecular weight excluding hydrogens is 248 g/mol. The van der Waals surface area contributed by atoms with Crippen LogP contribution in [-0.2, 0) is 0 Å². The molecule has 0 fully saturated rings. The number of aromatic nitrogens is 3. The van der Waals surface area contributed by atoms with Gasteiger partial charge in [0.15, 0.2) is 5.16 Å². The lowest BCUT2D eigenvalue weighted by atomic mass is 10.3. The summed E-state index contributed by atoms with van der Waals surface area (Å²) < 4.78 is 0. The highest BCUT2D eigenvalue weighted by Gasteiger charge is 2.14. The summed E-state index contributed by atoms with van der Waals surface area (Å²) in [5.74, 6) is 0.514. The lowest BCUT2D eigenvalue weighted by Crippen LogP contribution is -2.17. The number of aliphatic hydroxyl groups is 1. The van der Waals surface area contributed by atoms with E-state index in [1.54, 1.807) is 11.8 Å². The van der Waals surface area contributed by atoms with E-state index in [1.165, 1.54) is 11.8 Å². The van der Waals surface area contributed by atoms with E-state index in [-0.39, 0.29) is 10.5 Å². The first-order valence-electron chi connectivity index (χ1n) is 4.83. The molecule has 0 aromatic carbocycles. The summed E-state index contributed by atoms with van der Waals surface area (Å²) in [4.78, 5) is 14.0. The van der Waals surface area contributed by atoms with Crippen molar-refractivity contribution in [3.63, 3.8) is 0 Å². The first-order chi connectivity index (χ1) is 7.40. The SMILES string of the molecule is CC(O)C(C)Sc1nc(Cl)nc(N(C)C)n1. The van der Waals surface area contributed by atoms with Crippen LogP contribution >= 0.6 is 23.4 Å². The minimum atomic E-state index is -0.427. The van der Waals surface area contributed by atoms with Gasteiger partial charge in [0.1, 0.15) is 0 Å². The zero-order valence-electron chi connectivity index (χ0n) is 9.68. The summed E-state index contributed by atoms with van der Waals surface area (Å²) in [6.45, 7) is 3.63. The van der Waals surface area contributed by atoms with Gasteiger partial charge >= 0.3 is 0 Å². The maximum absolute atomic E-state index is 9.39.